The van der Waals surface area contributed by atoms with Crippen LogP contribution < -0.4 is 10.1 Å². The van der Waals surface area contributed by atoms with Crippen LogP contribution in [0.1, 0.15) is 44.6 Å². The molecule has 1 aromatic heterocycles. The molecule has 2 rings (SSSR count). The Morgan fingerprint density at radius 1 is 1.38 bits per heavy atom. The van der Waals surface area contributed by atoms with Crippen LogP contribution in [0.4, 0.5) is 0 Å². The van der Waals surface area contributed by atoms with Crippen molar-refractivity contribution < 1.29 is 23.8 Å². The second kappa shape index (κ2) is 6.55. The van der Waals surface area contributed by atoms with Crippen molar-refractivity contribution in [2.24, 2.45) is 5.41 Å². The number of carboxylic acids is 1. The fourth-order valence-electron chi connectivity index (χ4n) is 2.59. The molecule has 0 saturated carbocycles. The lowest BCUT2D eigenvalue weighted by Crippen LogP contribution is -2.34. The van der Waals surface area contributed by atoms with Crippen molar-refractivity contribution >= 4 is 22.8 Å². The quantitative estimate of drug-likeness (QED) is 0.845. The average molecular weight is 333 g/mol. The van der Waals surface area contributed by atoms with Gasteiger partial charge in [-0.25, -0.2) is 0 Å². The molecule has 0 aliphatic heterocycles. The molecule has 0 saturated heterocycles. The minimum absolute atomic E-state index is 0.0974. The summed E-state index contributed by atoms with van der Waals surface area (Å²) in [5, 5.41) is 12.9. The van der Waals surface area contributed by atoms with E-state index in [2.05, 4.69) is 5.32 Å². The van der Waals surface area contributed by atoms with Gasteiger partial charge in [0.05, 0.1) is 18.6 Å². The van der Waals surface area contributed by atoms with Crippen LogP contribution in [0, 0.1) is 12.3 Å². The third-order valence-electron chi connectivity index (χ3n) is 4.13. The lowest BCUT2D eigenvalue weighted by molar-refractivity contribution is -0.149. The van der Waals surface area contributed by atoms with Gasteiger partial charge in [-0.2, -0.15) is 0 Å². The molecule has 1 amide bonds. The topological polar surface area (TPSA) is 88.8 Å². The summed E-state index contributed by atoms with van der Waals surface area (Å²) in [7, 11) is 1.60. The highest BCUT2D eigenvalue weighted by molar-refractivity contribution is 5.86. The van der Waals surface area contributed by atoms with Crippen molar-refractivity contribution in [1.29, 1.82) is 0 Å². The number of aryl methyl sites for hydroxylation is 1. The maximum atomic E-state index is 12.1. The normalized spacial score (nSPS) is 12.9. The molecule has 6 heteroatoms. The predicted octanol–water partition coefficient (Wildman–Crippen LogP) is 3.43. The van der Waals surface area contributed by atoms with E-state index in [0.717, 1.165) is 22.3 Å². The zero-order valence-corrected chi connectivity index (χ0v) is 14.6. The van der Waals surface area contributed by atoms with E-state index < -0.39 is 11.4 Å². The third-order valence-corrected chi connectivity index (χ3v) is 4.13. The number of ether oxygens (including phenoxy) is 1. The van der Waals surface area contributed by atoms with Gasteiger partial charge in [0.15, 0.2) is 0 Å². The number of carboxylic acid groups (broad SMARTS) is 1. The number of methoxy groups -OCH3 is 1. The van der Waals surface area contributed by atoms with E-state index in [9.17, 15) is 9.59 Å². The molecule has 0 radical (unpaired) electrons. The summed E-state index contributed by atoms with van der Waals surface area (Å²) in [4.78, 5) is 23.3. The second-order valence-corrected chi connectivity index (χ2v) is 6.61. The van der Waals surface area contributed by atoms with Gasteiger partial charge in [-0.15, -0.1) is 0 Å². The summed E-state index contributed by atoms with van der Waals surface area (Å²) in [6.07, 6.45) is -0.0974. The van der Waals surface area contributed by atoms with Crippen LogP contribution in [0.15, 0.2) is 22.6 Å². The predicted molar refractivity (Wildman–Crippen MR) is 90.1 cm³/mol. The molecule has 0 aliphatic carbocycles. The standard InChI is InChI=1S/C18H23NO5/c1-10-13-8-12(23-5)6-7-14(13)24-16(10)11(2)19-15(20)9-18(3,4)17(21)22/h6-8,11H,9H2,1-5H3,(H,19,20)(H,21,22). The van der Waals surface area contributed by atoms with Gasteiger partial charge in [0.25, 0.3) is 0 Å². The van der Waals surface area contributed by atoms with Gasteiger partial charge in [-0.05, 0) is 45.9 Å². The monoisotopic (exact) mass is 333 g/mol. The molecule has 1 unspecified atom stereocenters. The minimum atomic E-state index is -1.11. The first-order valence-electron chi connectivity index (χ1n) is 7.75. The SMILES string of the molecule is COc1ccc2oc(C(C)NC(=O)CC(C)(C)C(=O)O)c(C)c2c1. The number of rotatable bonds is 6. The summed E-state index contributed by atoms with van der Waals surface area (Å²) in [5.41, 5.74) is 0.532. The summed E-state index contributed by atoms with van der Waals surface area (Å²) in [6.45, 7) is 6.79. The number of nitrogens with one attached hydrogen (secondary N) is 1. The van der Waals surface area contributed by atoms with Crippen LogP contribution >= 0.6 is 0 Å². The van der Waals surface area contributed by atoms with Gasteiger partial charge >= 0.3 is 5.97 Å². The fourth-order valence-corrected chi connectivity index (χ4v) is 2.59. The van der Waals surface area contributed by atoms with Gasteiger partial charge in [-0.3, -0.25) is 9.59 Å². The molecular formula is C18H23NO5. The van der Waals surface area contributed by atoms with Crippen molar-refractivity contribution in [3.05, 3.63) is 29.5 Å². The van der Waals surface area contributed by atoms with Crippen LogP contribution in [-0.4, -0.2) is 24.1 Å². The number of hydrogen-bond acceptors (Lipinski definition) is 4. The van der Waals surface area contributed by atoms with E-state index in [4.69, 9.17) is 14.3 Å². The largest absolute Gasteiger partial charge is 0.497 e. The highest BCUT2D eigenvalue weighted by Crippen LogP contribution is 2.32. The second-order valence-electron chi connectivity index (χ2n) is 6.61. The molecule has 24 heavy (non-hydrogen) atoms. The molecular weight excluding hydrogens is 310 g/mol. The van der Waals surface area contributed by atoms with Gasteiger partial charge in [-0.1, -0.05) is 0 Å². The van der Waals surface area contributed by atoms with E-state index in [1.54, 1.807) is 7.11 Å². The molecule has 2 N–H and O–H groups in total. The van der Waals surface area contributed by atoms with Crippen LogP contribution in [0.5, 0.6) is 5.75 Å². The van der Waals surface area contributed by atoms with E-state index in [1.807, 2.05) is 32.0 Å². The molecule has 1 aromatic carbocycles. The molecule has 130 valence electrons. The van der Waals surface area contributed by atoms with E-state index in [1.165, 1.54) is 13.8 Å². The number of aliphatic carboxylic acids is 1. The molecule has 0 bridgehead atoms. The third kappa shape index (κ3) is 3.53. The van der Waals surface area contributed by atoms with Crippen LogP contribution in [0.2, 0.25) is 0 Å². The van der Waals surface area contributed by atoms with Gasteiger partial charge in [0, 0.05) is 17.4 Å². The lowest BCUT2D eigenvalue weighted by atomic mass is 9.89. The Morgan fingerprint density at radius 2 is 2.04 bits per heavy atom. The zero-order chi connectivity index (χ0) is 18.1. The maximum absolute atomic E-state index is 12.1. The molecule has 2 aromatic rings. The Hall–Kier alpha value is -2.50. The number of amides is 1. The molecule has 6 nitrogen and oxygen atoms in total. The Labute approximate surface area is 140 Å². The first-order chi connectivity index (χ1) is 11.2. The smallest absolute Gasteiger partial charge is 0.309 e. The highest BCUT2D eigenvalue weighted by atomic mass is 16.5. The summed E-state index contributed by atoms with van der Waals surface area (Å²) >= 11 is 0. The van der Waals surface area contributed by atoms with Crippen molar-refractivity contribution in [3.63, 3.8) is 0 Å². The molecule has 1 atom stereocenters. The van der Waals surface area contributed by atoms with Gasteiger partial charge in [0.1, 0.15) is 17.1 Å². The van der Waals surface area contributed by atoms with Crippen molar-refractivity contribution in [2.75, 3.05) is 7.11 Å². The number of carbonyl (C=O) groups excluding carboxylic acids is 1. The number of benzene rings is 1. The molecule has 1 heterocycles. The number of carbonyl (C=O) groups is 2. The molecule has 0 fully saturated rings. The highest BCUT2D eigenvalue weighted by Gasteiger charge is 2.31. The first-order valence-corrected chi connectivity index (χ1v) is 7.75. The van der Waals surface area contributed by atoms with Gasteiger partial charge < -0.3 is 19.6 Å². The van der Waals surface area contributed by atoms with Gasteiger partial charge in [0.2, 0.25) is 5.91 Å². The Kier molecular flexibility index (Phi) is 4.87. The van der Waals surface area contributed by atoms with E-state index in [0.29, 0.717) is 5.76 Å². The zero-order valence-electron chi connectivity index (χ0n) is 14.6. The summed E-state index contributed by atoms with van der Waals surface area (Å²) in [6, 6.07) is 5.17. The summed E-state index contributed by atoms with van der Waals surface area (Å²) < 4.78 is 11.1. The fraction of sp³-hybridized carbons (Fsp3) is 0.444. The van der Waals surface area contributed by atoms with E-state index >= 15 is 0 Å². The summed E-state index contributed by atoms with van der Waals surface area (Å²) in [5.74, 6) is 0.0576. The van der Waals surface area contributed by atoms with Crippen molar-refractivity contribution in [1.82, 2.24) is 5.32 Å². The van der Waals surface area contributed by atoms with Crippen LogP contribution in [-0.2, 0) is 9.59 Å². The molecule has 0 spiro atoms. The number of fused-ring (bicyclic) bond motifs is 1. The van der Waals surface area contributed by atoms with Crippen LogP contribution in [0.3, 0.4) is 0 Å². The number of hydrogen-bond donors (Lipinski definition) is 2. The van der Waals surface area contributed by atoms with E-state index in [-0.39, 0.29) is 18.4 Å². The van der Waals surface area contributed by atoms with Crippen molar-refractivity contribution in [3.8, 4) is 5.75 Å². The first kappa shape index (κ1) is 17.8. The minimum Gasteiger partial charge on any atom is -0.497 e. The Balaban J connectivity index is 2.19. The Bertz CT molecular complexity index is 775. The Morgan fingerprint density at radius 3 is 2.62 bits per heavy atom. The lowest BCUT2D eigenvalue weighted by Gasteiger charge is -2.20. The average Bonchev–Trinajstić information content (AvgIpc) is 2.83. The maximum Gasteiger partial charge on any atom is 0.309 e. The number of furan rings is 1. The van der Waals surface area contributed by atoms with Crippen LogP contribution in [0.25, 0.3) is 11.0 Å². The van der Waals surface area contributed by atoms with Crippen molar-refractivity contribution in [2.45, 2.75) is 40.2 Å². The molecule has 0 aliphatic rings.